The molecule has 2 aromatic rings. The van der Waals surface area contributed by atoms with Gasteiger partial charge in [-0.3, -0.25) is 9.59 Å². The van der Waals surface area contributed by atoms with Crippen molar-refractivity contribution in [3.63, 3.8) is 0 Å². The van der Waals surface area contributed by atoms with Gasteiger partial charge in [-0.25, -0.2) is 0 Å². The lowest BCUT2D eigenvalue weighted by Crippen LogP contribution is -2.31. The molecule has 5 nitrogen and oxygen atoms in total. The number of ketones is 1. The van der Waals surface area contributed by atoms with Crippen molar-refractivity contribution in [2.45, 2.75) is 46.3 Å². The highest BCUT2D eigenvalue weighted by atomic mass is 16.5. The number of hydrogen-bond acceptors (Lipinski definition) is 4. The highest BCUT2D eigenvalue weighted by Gasteiger charge is 2.12. The van der Waals surface area contributed by atoms with Crippen molar-refractivity contribution < 1.29 is 19.1 Å². The second-order valence-corrected chi connectivity index (χ2v) is 6.62. The molecule has 1 amide bonds. The Labute approximate surface area is 160 Å². The van der Waals surface area contributed by atoms with Gasteiger partial charge in [0.1, 0.15) is 11.5 Å². The average Bonchev–Trinajstić information content (AvgIpc) is 2.65. The number of hydrogen-bond donors (Lipinski definition) is 1. The number of rotatable bonds is 9. The van der Waals surface area contributed by atoms with Crippen molar-refractivity contribution in [3.05, 3.63) is 59.7 Å². The summed E-state index contributed by atoms with van der Waals surface area (Å²) in [5.74, 6) is 1.20. The molecule has 0 aliphatic heterocycles. The van der Waals surface area contributed by atoms with Gasteiger partial charge >= 0.3 is 0 Å². The molecule has 1 atom stereocenters. The fourth-order valence-electron chi connectivity index (χ4n) is 2.59. The zero-order valence-electron chi connectivity index (χ0n) is 16.3. The van der Waals surface area contributed by atoms with Crippen molar-refractivity contribution in [3.8, 4) is 11.5 Å². The van der Waals surface area contributed by atoms with Crippen molar-refractivity contribution in [2.75, 3.05) is 6.61 Å². The Kier molecular flexibility index (Phi) is 7.41. The van der Waals surface area contributed by atoms with E-state index in [9.17, 15) is 9.59 Å². The quantitative estimate of drug-likeness (QED) is 0.669. The van der Waals surface area contributed by atoms with E-state index in [0.29, 0.717) is 17.7 Å². The molecule has 5 heteroatoms. The number of benzene rings is 2. The number of carbonyl (C=O) groups is 2. The van der Waals surface area contributed by atoms with Gasteiger partial charge in [-0.2, -0.15) is 0 Å². The molecule has 2 aromatic carbocycles. The van der Waals surface area contributed by atoms with Gasteiger partial charge in [0.05, 0.1) is 12.1 Å². The maximum atomic E-state index is 12.2. The van der Waals surface area contributed by atoms with Gasteiger partial charge in [-0.15, -0.1) is 0 Å². The van der Waals surface area contributed by atoms with Crippen LogP contribution in [0.4, 0.5) is 0 Å². The van der Waals surface area contributed by atoms with Gasteiger partial charge in [0.2, 0.25) is 0 Å². The first-order valence-corrected chi connectivity index (χ1v) is 9.21. The third-order valence-corrected chi connectivity index (χ3v) is 3.97. The second-order valence-electron chi connectivity index (χ2n) is 6.62. The SMILES string of the molecule is CCC(=O)c1ccc(OCC(=O)NC(C)c2cccc(OC(C)C)c2)cc1. The Hall–Kier alpha value is -2.82. The van der Waals surface area contributed by atoms with Gasteiger partial charge in [0.25, 0.3) is 5.91 Å². The number of carbonyl (C=O) groups excluding carboxylic acids is 2. The monoisotopic (exact) mass is 369 g/mol. The lowest BCUT2D eigenvalue weighted by atomic mass is 10.1. The molecule has 1 N–H and O–H groups in total. The fourth-order valence-corrected chi connectivity index (χ4v) is 2.59. The van der Waals surface area contributed by atoms with Crippen LogP contribution in [0.5, 0.6) is 11.5 Å². The van der Waals surface area contributed by atoms with Crippen molar-refractivity contribution in [1.29, 1.82) is 0 Å². The molecule has 0 saturated heterocycles. The van der Waals surface area contributed by atoms with E-state index in [1.54, 1.807) is 24.3 Å². The molecule has 0 bridgehead atoms. The first kappa shape index (κ1) is 20.5. The van der Waals surface area contributed by atoms with Gasteiger partial charge in [-0.05, 0) is 62.7 Å². The molecule has 0 radical (unpaired) electrons. The van der Waals surface area contributed by atoms with E-state index >= 15 is 0 Å². The average molecular weight is 369 g/mol. The van der Waals surface area contributed by atoms with Crippen molar-refractivity contribution >= 4 is 11.7 Å². The van der Waals surface area contributed by atoms with E-state index in [0.717, 1.165) is 11.3 Å². The highest BCUT2D eigenvalue weighted by molar-refractivity contribution is 5.95. The Bertz CT molecular complexity index is 768. The van der Waals surface area contributed by atoms with Crippen molar-refractivity contribution in [1.82, 2.24) is 5.32 Å². The van der Waals surface area contributed by atoms with Crippen LogP contribution in [0, 0.1) is 0 Å². The standard InChI is InChI=1S/C22H27NO4/c1-5-21(24)17-9-11-19(12-10-17)26-14-22(25)23-16(4)18-7-6-8-20(13-18)27-15(2)3/h6-13,15-16H,5,14H2,1-4H3,(H,23,25). The van der Waals surface area contributed by atoms with Crippen LogP contribution < -0.4 is 14.8 Å². The van der Waals surface area contributed by atoms with Gasteiger partial charge in [0, 0.05) is 12.0 Å². The smallest absolute Gasteiger partial charge is 0.258 e. The van der Waals surface area contributed by atoms with Crippen LogP contribution in [0.15, 0.2) is 48.5 Å². The zero-order chi connectivity index (χ0) is 19.8. The summed E-state index contributed by atoms with van der Waals surface area (Å²) in [6, 6.07) is 14.3. The first-order chi connectivity index (χ1) is 12.9. The fraction of sp³-hybridized carbons (Fsp3) is 0.364. The number of ether oxygens (including phenoxy) is 2. The minimum absolute atomic E-state index is 0.0804. The largest absolute Gasteiger partial charge is 0.491 e. The summed E-state index contributed by atoms with van der Waals surface area (Å²) in [6.07, 6.45) is 0.557. The molecule has 0 spiro atoms. The minimum atomic E-state index is -0.216. The van der Waals surface area contributed by atoms with Gasteiger partial charge < -0.3 is 14.8 Å². The maximum absolute atomic E-state index is 12.2. The molecular weight excluding hydrogens is 342 g/mol. The summed E-state index contributed by atoms with van der Waals surface area (Å²) < 4.78 is 11.2. The highest BCUT2D eigenvalue weighted by Crippen LogP contribution is 2.20. The lowest BCUT2D eigenvalue weighted by Gasteiger charge is -2.17. The van der Waals surface area contributed by atoms with Crippen LogP contribution >= 0.6 is 0 Å². The van der Waals surface area contributed by atoms with Crippen LogP contribution in [0.2, 0.25) is 0 Å². The Morgan fingerprint density at radius 3 is 2.33 bits per heavy atom. The molecule has 1 unspecified atom stereocenters. The Morgan fingerprint density at radius 1 is 1.00 bits per heavy atom. The first-order valence-electron chi connectivity index (χ1n) is 9.21. The topological polar surface area (TPSA) is 64.6 Å². The molecule has 0 aliphatic rings. The number of nitrogens with one attached hydrogen (secondary N) is 1. The van der Waals surface area contributed by atoms with E-state index in [-0.39, 0.29) is 30.4 Å². The molecule has 0 aromatic heterocycles. The summed E-state index contributed by atoms with van der Waals surface area (Å²) in [7, 11) is 0. The molecular formula is C22H27NO4. The molecule has 0 aliphatic carbocycles. The minimum Gasteiger partial charge on any atom is -0.491 e. The maximum Gasteiger partial charge on any atom is 0.258 e. The predicted octanol–water partition coefficient (Wildman–Crippen LogP) is 4.32. The Morgan fingerprint density at radius 2 is 1.70 bits per heavy atom. The Balaban J connectivity index is 1.87. The van der Waals surface area contributed by atoms with E-state index in [2.05, 4.69) is 5.32 Å². The predicted molar refractivity (Wildman–Crippen MR) is 105 cm³/mol. The normalized spacial score (nSPS) is 11.7. The number of Topliss-reactive ketones (excluding diaryl/α,β-unsaturated/α-hetero) is 1. The molecule has 0 heterocycles. The van der Waals surface area contributed by atoms with Gasteiger partial charge in [0.15, 0.2) is 12.4 Å². The molecule has 27 heavy (non-hydrogen) atoms. The van der Waals surface area contributed by atoms with Gasteiger partial charge in [-0.1, -0.05) is 19.1 Å². The third-order valence-electron chi connectivity index (χ3n) is 3.97. The van der Waals surface area contributed by atoms with E-state index < -0.39 is 0 Å². The van der Waals surface area contributed by atoms with Crippen LogP contribution in [0.25, 0.3) is 0 Å². The summed E-state index contributed by atoms with van der Waals surface area (Å²) in [4.78, 5) is 23.8. The van der Waals surface area contributed by atoms with Crippen LogP contribution in [-0.4, -0.2) is 24.4 Å². The third kappa shape index (κ3) is 6.44. The van der Waals surface area contributed by atoms with E-state index in [1.165, 1.54) is 0 Å². The molecule has 2 rings (SSSR count). The summed E-state index contributed by atoms with van der Waals surface area (Å²) >= 11 is 0. The number of amides is 1. The molecule has 144 valence electrons. The van der Waals surface area contributed by atoms with Crippen LogP contribution in [-0.2, 0) is 4.79 Å². The lowest BCUT2D eigenvalue weighted by molar-refractivity contribution is -0.123. The summed E-state index contributed by atoms with van der Waals surface area (Å²) in [5, 5.41) is 2.91. The molecule has 0 saturated carbocycles. The van der Waals surface area contributed by atoms with Crippen LogP contribution in [0.1, 0.15) is 56.1 Å². The zero-order valence-corrected chi connectivity index (χ0v) is 16.3. The van der Waals surface area contributed by atoms with E-state index in [4.69, 9.17) is 9.47 Å². The van der Waals surface area contributed by atoms with E-state index in [1.807, 2.05) is 52.0 Å². The summed E-state index contributed by atoms with van der Waals surface area (Å²) in [5.41, 5.74) is 1.61. The molecule has 0 fully saturated rings. The summed E-state index contributed by atoms with van der Waals surface area (Å²) in [6.45, 7) is 7.59. The van der Waals surface area contributed by atoms with Crippen LogP contribution in [0.3, 0.4) is 0 Å². The second kappa shape index (κ2) is 9.76. The van der Waals surface area contributed by atoms with Crippen molar-refractivity contribution in [2.24, 2.45) is 0 Å².